The van der Waals surface area contributed by atoms with Crippen LogP contribution >= 0.6 is 11.6 Å². The molecule has 3 aromatic rings. The normalized spacial score (nSPS) is 10.6. The number of nitrogens with zero attached hydrogens (tertiary/aromatic N) is 1. The minimum absolute atomic E-state index is 0.0997. The molecule has 0 saturated carbocycles. The van der Waals surface area contributed by atoms with Crippen molar-refractivity contribution in [3.63, 3.8) is 0 Å². The number of benzene rings is 2. The fourth-order valence-corrected chi connectivity index (χ4v) is 2.53. The van der Waals surface area contributed by atoms with Crippen LogP contribution in [-0.2, 0) is 0 Å². The van der Waals surface area contributed by atoms with Crippen molar-refractivity contribution >= 4 is 39.9 Å². The van der Waals surface area contributed by atoms with Crippen molar-refractivity contribution in [1.29, 1.82) is 0 Å². The Kier molecular flexibility index (Phi) is 4.49. The van der Waals surface area contributed by atoms with E-state index in [9.17, 15) is 19.7 Å². The van der Waals surface area contributed by atoms with E-state index in [1.807, 2.05) is 0 Å². The van der Waals surface area contributed by atoms with Gasteiger partial charge in [0, 0.05) is 33.6 Å². The summed E-state index contributed by atoms with van der Waals surface area (Å²) in [4.78, 5) is 37.2. The Morgan fingerprint density at radius 2 is 1.84 bits per heavy atom. The lowest BCUT2D eigenvalue weighted by Gasteiger charge is -2.03. The maximum atomic E-state index is 12.2. The van der Waals surface area contributed by atoms with Crippen molar-refractivity contribution in [2.24, 2.45) is 0 Å². The van der Waals surface area contributed by atoms with Gasteiger partial charge in [0.15, 0.2) is 5.78 Å². The molecule has 8 heteroatoms. The number of rotatable bonds is 5. The van der Waals surface area contributed by atoms with Crippen LogP contribution in [0.25, 0.3) is 10.9 Å². The zero-order valence-corrected chi connectivity index (χ0v) is 13.5. The Bertz CT molecular complexity index is 979. The molecular formula is C17H12ClN3O4. The standard InChI is InChI=1S/C17H12ClN3O4/c18-12-3-6-14-11(7-12)8-15(20-14)17(23)19-9-16(22)10-1-4-13(5-2-10)21(24)25/h1-8,20H,9H2,(H,19,23). The second-order valence-electron chi connectivity index (χ2n) is 5.32. The summed E-state index contributed by atoms with van der Waals surface area (Å²) in [5.74, 6) is -0.773. The topological polar surface area (TPSA) is 105 Å². The van der Waals surface area contributed by atoms with E-state index in [0.29, 0.717) is 10.7 Å². The fourth-order valence-electron chi connectivity index (χ4n) is 2.35. The van der Waals surface area contributed by atoms with E-state index in [1.54, 1.807) is 24.3 Å². The van der Waals surface area contributed by atoms with E-state index in [0.717, 1.165) is 10.9 Å². The Morgan fingerprint density at radius 1 is 1.12 bits per heavy atom. The first-order valence-corrected chi connectivity index (χ1v) is 7.66. The van der Waals surface area contributed by atoms with E-state index in [-0.39, 0.29) is 23.6 Å². The summed E-state index contributed by atoms with van der Waals surface area (Å²) in [7, 11) is 0. The number of non-ortho nitro benzene ring substituents is 1. The quantitative estimate of drug-likeness (QED) is 0.415. The number of amides is 1. The van der Waals surface area contributed by atoms with Gasteiger partial charge in [0.1, 0.15) is 5.69 Å². The molecule has 25 heavy (non-hydrogen) atoms. The highest BCUT2D eigenvalue weighted by atomic mass is 35.5. The Hall–Kier alpha value is -3.19. The van der Waals surface area contributed by atoms with Crippen LogP contribution in [0.5, 0.6) is 0 Å². The number of aromatic nitrogens is 1. The molecule has 0 radical (unpaired) electrons. The summed E-state index contributed by atoms with van der Waals surface area (Å²) in [6.45, 7) is -0.216. The van der Waals surface area contributed by atoms with Crippen molar-refractivity contribution in [2.45, 2.75) is 0 Å². The first-order valence-electron chi connectivity index (χ1n) is 7.28. The third-order valence-electron chi connectivity index (χ3n) is 3.64. The number of halogens is 1. The third kappa shape index (κ3) is 3.67. The van der Waals surface area contributed by atoms with Crippen LogP contribution < -0.4 is 5.32 Å². The average Bonchev–Trinajstić information content (AvgIpc) is 3.02. The molecular weight excluding hydrogens is 346 g/mol. The highest BCUT2D eigenvalue weighted by Crippen LogP contribution is 2.20. The summed E-state index contributed by atoms with van der Waals surface area (Å²) in [6.07, 6.45) is 0. The zero-order valence-electron chi connectivity index (χ0n) is 12.8. The largest absolute Gasteiger partial charge is 0.351 e. The molecule has 0 aliphatic carbocycles. The Morgan fingerprint density at radius 3 is 2.52 bits per heavy atom. The van der Waals surface area contributed by atoms with Crippen molar-refractivity contribution in [1.82, 2.24) is 10.3 Å². The summed E-state index contributed by atoms with van der Waals surface area (Å²) >= 11 is 5.91. The molecule has 0 bridgehead atoms. The number of nitro groups is 1. The number of Topliss-reactive ketones (excluding diaryl/α,β-unsaturated/α-hetero) is 1. The summed E-state index contributed by atoms with van der Waals surface area (Å²) < 4.78 is 0. The minimum Gasteiger partial charge on any atom is -0.351 e. The number of hydrogen-bond acceptors (Lipinski definition) is 4. The molecule has 0 spiro atoms. The molecule has 0 fully saturated rings. The van der Waals surface area contributed by atoms with Gasteiger partial charge >= 0.3 is 0 Å². The van der Waals surface area contributed by atoms with E-state index in [4.69, 9.17) is 11.6 Å². The van der Waals surface area contributed by atoms with Gasteiger partial charge in [0.05, 0.1) is 11.5 Å². The molecule has 0 aliphatic heterocycles. The number of H-pyrrole nitrogens is 1. The molecule has 0 atom stereocenters. The van der Waals surface area contributed by atoms with Gasteiger partial charge in [0.25, 0.3) is 11.6 Å². The molecule has 0 saturated heterocycles. The molecule has 3 rings (SSSR count). The van der Waals surface area contributed by atoms with E-state index in [1.165, 1.54) is 24.3 Å². The highest BCUT2D eigenvalue weighted by Gasteiger charge is 2.13. The van der Waals surface area contributed by atoms with Crippen molar-refractivity contribution in [2.75, 3.05) is 6.54 Å². The van der Waals surface area contributed by atoms with Crippen LogP contribution in [0.4, 0.5) is 5.69 Å². The Balaban J connectivity index is 1.66. The molecule has 1 heterocycles. The molecule has 7 nitrogen and oxygen atoms in total. The summed E-state index contributed by atoms with van der Waals surface area (Å²) in [5.41, 5.74) is 1.26. The summed E-state index contributed by atoms with van der Waals surface area (Å²) in [5, 5.41) is 14.5. The SMILES string of the molecule is O=C(CNC(=O)c1cc2cc(Cl)ccc2[nH]1)c1ccc([N+](=O)[O-])cc1. The van der Waals surface area contributed by atoms with Gasteiger partial charge < -0.3 is 10.3 Å². The molecule has 2 aromatic carbocycles. The van der Waals surface area contributed by atoms with Gasteiger partial charge in [-0.1, -0.05) is 11.6 Å². The first-order chi connectivity index (χ1) is 11.9. The maximum absolute atomic E-state index is 12.2. The molecule has 2 N–H and O–H groups in total. The van der Waals surface area contributed by atoms with Crippen LogP contribution in [0.15, 0.2) is 48.5 Å². The van der Waals surface area contributed by atoms with Crippen LogP contribution in [-0.4, -0.2) is 28.1 Å². The van der Waals surface area contributed by atoms with Crippen molar-refractivity contribution < 1.29 is 14.5 Å². The smallest absolute Gasteiger partial charge is 0.269 e. The van der Waals surface area contributed by atoms with Gasteiger partial charge in [-0.3, -0.25) is 19.7 Å². The molecule has 1 amide bonds. The van der Waals surface area contributed by atoms with E-state index in [2.05, 4.69) is 10.3 Å². The van der Waals surface area contributed by atoms with Crippen LogP contribution in [0, 0.1) is 10.1 Å². The predicted octanol–water partition coefficient (Wildman–Crippen LogP) is 3.34. The zero-order chi connectivity index (χ0) is 18.0. The number of aromatic amines is 1. The average molecular weight is 358 g/mol. The van der Waals surface area contributed by atoms with Crippen molar-refractivity contribution in [3.05, 3.63) is 74.9 Å². The van der Waals surface area contributed by atoms with Gasteiger partial charge in [-0.25, -0.2) is 0 Å². The van der Waals surface area contributed by atoms with Crippen LogP contribution in [0.3, 0.4) is 0 Å². The van der Waals surface area contributed by atoms with E-state index >= 15 is 0 Å². The van der Waals surface area contributed by atoms with E-state index < -0.39 is 10.8 Å². The van der Waals surface area contributed by atoms with Crippen LogP contribution in [0.2, 0.25) is 5.02 Å². The molecule has 0 unspecified atom stereocenters. The fraction of sp³-hybridized carbons (Fsp3) is 0.0588. The predicted molar refractivity (Wildman–Crippen MR) is 93.1 cm³/mol. The van der Waals surface area contributed by atoms with Gasteiger partial charge in [-0.2, -0.15) is 0 Å². The van der Waals surface area contributed by atoms with Gasteiger partial charge in [-0.15, -0.1) is 0 Å². The van der Waals surface area contributed by atoms with Gasteiger partial charge in [0.2, 0.25) is 0 Å². The lowest BCUT2D eigenvalue weighted by Crippen LogP contribution is -2.29. The lowest BCUT2D eigenvalue weighted by atomic mass is 10.1. The number of carbonyl (C=O) groups is 2. The second-order valence-corrected chi connectivity index (χ2v) is 5.76. The number of nitrogens with one attached hydrogen (secondary N) is 2. The second kappa shape index (κ2) is 6.74. The summed E-state index contributed by atoms with van der Waals surface area (Å²) in [6, 6.07) is 12.1. The first kappa shape index (κ1) is 16.7. The van der Waals surface area contributed by atoms with Crippen LogP contribution in [0.1, 0.15) is 20.8 Å². The number of fused-ring (bicyclic) bond motifs is 1. The lowest BCUT2D eigenvalue weighted by molar-refractivity contribution is -0.384. The van der Waals surface area contributed by atoms with Gasteiger partial charge in [-0.05, 0) is 36.4 Å². The third-order valence-corrected chi connectivity index (χ3v) is 3.87. The van der Waals surface area contributed by atoms with Crippen molar-refractivity contribution in [3.8, 4) is 0 Å². The molecule has 0 aliphatic rings. The number of carbonyl (C=O) groups excluding carboxylic acids is 2. The Labute approximate surface area is 146 Å². The monoisotopic (exact) mass is 357 g/mol. The number of nitro benzene ring substituents is 1. The minimum atomic E-state index is -0.543. The highest BCUT2D eigenvalue weighted by molar-refractivity contribution is 6.31. The molecule has 126 valence electrons. The maximum Gasteiger partial charge on any atom is 0.269 e. The molecule has 1 aromatic heterocycles. The number of ketones is 1. The number of hydrogen-bond donors (Lipinski definition) is 2.